The van der Waals surface area contributed by atoms with Crippen molar-refractivity contribution in [2.75, 3.05) is 19.6 Å². The number of esters is 1. The van der Waals surface area contributed by atoms with E-state index in [1.807, 2.05) is 13.8 Å². The molecule has 1 aliphatic heterocycles. The highest BCUT2D eigenvalue weighted by molar-refractivity contribution is 6.08. The first-order valence-electron chi connectivity index (χ1n) is 10.0. The van der Waals surface area contributed by atoms with Gasteiger partial charge in [-0.05, 0) is 26.7 Å². The number of likely N-dealkylation sites (N-methyl/N-ethyl adjacent to an activating group) is 1. The summed E-state index contributed by atoms with van der Waals surface area (Å²) in [5.74, 6) is -1.61. The molecule has 0 unspecified atom stereocenters. The molecule has 0 spiro atoms. The van der Waals surface area contributed by atoms with Crippen molar-refractivity contribution in [2.45, 2.75) is 52.2 Å². The number of ether oxygens (including phenoxy) is 1. The second kappa shape index (κ2) is 9.54. The Hall–Kier alpha value is -2.90. The van der Waals surface area contributed by atoms with Gasteiger partial charge in [0.2, 0.25) is 6.10 Å². The molecular weight excluding hydrogens is 374 g/mol. The lowest BCUT2D eigenvalue weighted by Crippen LogP contribution is -2.46. The molecule has 1 aromatic rings. The van der Waals surface area contributed by atoms with Crippen LogP contribution in [0.15, 0.2) is 30.3 Å². The minimum absolute atomic E-state index is 0.344. The van der Waals surface area contributed by atoms with Gasteiger partial charge in [-0.2, -0.15) is 0 Å². The molecule has 0 bridgehead atoms. The quantitative estimate of drug-likeness (QED) is 0.504. The number of rotatable bonds is 9. The molecule has 158 valence electrons. The van der Waals surface area contributed by atoms with Gasteiger partial charge in [0.05, 0.1) is 0 Å². The van der Waals surface area contributed by atoms with Crippen LogP contribution in [0.2, 0.25) is 0 Å². The predicted octanol–water partition coefficient (Wildman–Crippen LogP) is 2.25. The number of imide groups is 1. The fraction of sp³-hybridized carbons (Fsp3) is 0.524. The number of urea groups is 1. The first-order valence-corrected chi connectivity index (χ1v) is 10.0. The minimum Gasteiger partial charge on any atom is -0.446 e. The van der Waals surface area contributed by atoms with Crippen LogP contribution in [0.1, 0.15) is 52.2 Å². The van der Waals surface area contributed by atoms with Crippen molar-refractivity contribution in [1.29, 1.82) is 0 Å². The summed E-state index contributed by atoms with van der Waals surface area (Å²) in [5, 5.41) is 2.67. The second-order valence-electron chi connectivity index (χ2n) is 6.90. The van der Waals surface area contributed by atoms with E-state index in [4.69, 9.17) is 4.74 Å². The topological polar surface area (TPSA) is 96.0 Å². The fourth-order valence-electron chi connectivity index (χ4n) is 3.44. The standard InChI is InChI=1S/C21H29N3O5/c1-5-21(6-2)19(27)24(20(28)22-21)14-16(25)29-17(15-12-10-9-11-13-15)18(26)23(7-3)8-4/h9-13,17H,5-8,14H2,1-4H3,(H,22,28)/t17-/m1/s1. The van der Waals surface area contributed by atoms with Gasteiger partial charge < -0.3 is 15.0 Å². The second-order valence-corrected chi connectivity index (χ2v) is 6.90. The Kier molecular flexibility index (Phi) is 7.36. The third-order valence-corrected chi connectivity index (χ3v) is 5.39. The lowest BCUT2D eigenvalue weighted by atomic mass is 9.93. The lowest BCUT2D eigenvalue weighted by molar-refractivity contribution is -0.162. The van der Waals surface area contributed by atoms with E-state index < -0.39 is 36.1 Å². The summed E-state index contributed by atoms with van der Waals surface area (Å²) in [5.41, 5.74) is -0.459. The van der Waals surface area contributed by atoms with Crippen LogP contribution in [0.4, 0.5) is 4.79 Å². The molecule has 1 atom stereocenters. The zero-order chi connectivity index (χ0) is 21.6. The van der Waals surface area contributed by atoms with Crippen molar-refractivity contribution in [3.05, 3.63) is 35.9 Å². The molecule has 1 aromatic carbocycles. The number of nitrogens with zero attached hydrogens (tertiary/aromatic N) is 2. The number of amides is 4. The maximum atomic E-state index is 12.9. The Balaban J connectivity index is 2.19. The summed E-state index contributed by atoms with van der Waals surface area (Å²) in [4.78, 5) is 52.9. The summed E-state index contributed by atoms with van der Waals surface area (Å²) in [6, 6.07) is 8.08. The van der Waals surface area contributed by atoms with Gasteiger partial charge in [0.25, 0.3) is 11.8 Å². The highest BCUT2D eigenvalue weighted by Gasteiger charge is 2.49. The van der Waals surface area contributed by atoms with E-state index in [2.05, 4.69) is 5.32 Å². The number of hydrogen-bond acceptors (Lipinski definition) is 5. The van der Waals surface area contributed by atoms with Crippen molar-refractivity contribution in [3.63, 3.8) is 0 Å². The number of carbonyl (C=O) groups excluding carboxylic acids is 4. The summed E-state index contributed by atoms with van der Waals surface area (Å²) in [6.45, 7) is 7.69. The molecule has 29 heavy (non-hydrogen) atoms. The van der Waals surface area contributed by atoms with Crippen molar-refractivity contribution in [1.82, 2.24) is 15.1 Å². The Morgan fingerprint density at radius 3 is 2.14 bits per heavy atom. The molecule has 4 amide bonds. The first kappa shape index (κ1) is 22.4. The highest BCUT2D eigenvalue weighted by atomic mass is 16.5. The van der Waals surface area contributed by atoms with Crippen molar-refractivity contribution in [2.24, 2.45) is 0 Å². The van der Waals surface area contributed by atoms with E-state index in [-0.39, 0.29) is 5.91 Å². The van der Waals surface area contributed by atoms with Crippen LogP contribution in [0.5, 0.6) is 0 Å². The molecule has 1 fully saturated rings. The number of carbonyl (C=O) groups is 4. The van der Waals surface area contributed by atoms with Crippen molar-refractivity contribution in [3.8, 4) is 0 Å². The average Bonchev–Trinajstić information content (AvgIpc) is 2.98. The van der Waals surface area contributed by atoms with Gasteiger partial charge in [0.15, 0.2) is 0 Å². The van der Waals surface area contributed by atoms with Crippen LogP contribution in [0, 0.1) is 0 Å². The molecule has 1 aliphatic rings. The highest BCUT2D eigenvalue weighted by Crippen LogP contribution is 2.26. The van der Waals surface area contributed by atoms with Crippen LogP contribution in [0.3, 0.4) is 0 Å². The van der Waals surface area contributed by atoms with Gasteiger partial charge in [-0.1, -0.05) is 44.2 Å². The average molecular weight is 403 g/mol. The zero-order valence-electron chi connectivity index (χ0n) is 17.4. The van der Waals surface area contributed by atoms with Gasteiger partial charge in [-0.15, -0.1) is 0 Å². The van der Waals surface area contributed by atoms with Crippen LogP contribution < -0.4 is 5.32 Å². The van der Waals surface area contributed by atoms with E-state index in [0.717, 1.165) is 4.90 Å². The minimum atomic E-state index is -1.13. The molecule has 2 rings (SSSR count). The molecule has 8 nitrogen and oxygen atoms in total. The van der Waals surface area contributed by atoms with Crippen LogP contribution >= 0.6 is 0 Å². The van der Waals surface area contributed by atoms with Gasteiger partial charge >= 0.3 is 12.0 Å². The Morgan fingerprint density at radius 2 is 1.66 bits per heavy atom. The normalized spacial score (nSPS) is 16.3. The molecule has 1 heterocycles. The van der Waals surface area contributed by atoms with Crippen molar-refractivity contribution >= 4 is 23.8 Å². The van der Waals surface area contributed by atoms with E-state index >= 15 is 0 Å². The van der Waals surface area contributed by atoms with Crippen molar-refractivity contribution < 1.29 is 23.9 Å². The number of nitrogens with one attached hydrogen (secondary N) is 1. The molecule has 0 aliphatic carbocycles. The van der Waals surface area contributed by atoms with Gasteiger partial charge in [0, 0.05) is 18.7 Å². The summed E-state index contributed by atoms with van der Waals surface area (Å²) >= 11 is 0. The lowest BCUT2D eigenvalue weighted by Gasteiger charge is -2.26. The van der Waals surface area contributed by atoms with Crippen LogP contribution in [-0.4, -0.2) is 58.8 Å². The third kappa shape index (κ3) is 4.58. The van der Waals surface area contributed by atoms with Crippen LogP contribution in [0.25, 0.3) is 0 Å². The molecular formula is C21H29N3O5. The van der Waals surface area contributed by atoms with Gasteiger partial charge in [0.1, 0.15) is 12.1 Å². The smallest absolute Gasteiger partial charge is 0.327 e. The SMILES string of the molecule is CCN(CC)C(=O)[C@H](OC(=O)CN1C(=O)NC(CC)(CC)C1=O)c1ccccc1. The Bertz CT molecular complexity index is 757. The van der Waals surface area contributed by atoms with E-state index in [1.165, 1.54) is 0 Å². The monoisotopic (exact) mass is 403 g/mol. The molecule has 8 heteroatoms. The zero-order valence-corrected chi connectivity index (χ0v) is 17.4. The number of hydrogen-bond donors (Lipinski definition) is 1. The predicted molar refractivity (Wildman–Crippen MR) is 107 cm³/mol. The molecule has 0 aromatic heterocycles. The summed E-state index contributed by atoms with van der Waals surface area (Å²) in [6.07, 6.45) is -0.286. The van der Waals surface area contributed by atoms with Crippen LogP contribution in [-0.2, 0) is 19.1 Å². The maximum Gasteiger partial charge on any atom is 0.327 e. The van der Waals surface area contributed by atoms with E-state index in [0.29, 0.717) is 31.5 Å². The summed E-state index contributed by atoms with van der Waals surface area (Å²) in [7, 11) is 0. The van der Waals surface area contributed by atoms with E-state index in [1.54, 1.807) is 49.1 Å². The number of benzene rings is 1. The fourth-order valence-corrected chi connectivity index (χ4v) is 3.44. The van der Waals surface area contributed by atoms with E-state index in [9.17, 15) is 19.2 Å². The molecule has 1 N–H and O–H groups in total. The van der Waals surface area contributed by atoms with Gasteiger partial charge in [-0.25, -0.2) is 4.79 Å². The molecule has 0 radical (unpaired) electrons. The molecule has 1 saturated heterocycles. The maximum absolute atomic E-state index is 12.9. The Labute approximate surface area is 171 Å². The third-order valence-electron chi connectivity index (χ3n) is 5.39. The largest absolute Gasteiger partial charge is 0.446 e. The van der Waals surface area contributed by atoms with Gasteiger partial charge in [-0.3, -0.25) is 19.3 Å². The molecule has 0 saturated carbocycles. The summed E-state index contributed by atoms with van der Waals surface area (Å²) < 4.78 is 5.47. The first-order chi connectivity index (χ1) is 13.8. The Morgan fingerprint density at radius 1 is 1.07 bits per heavy atom.